The molecule has 25 heavy (non-hydrogen) atoms. The maximum atomic E-state index is 12.8. The van der Waals surface area contributed by atoms with E-state index in [1.807, 2.05) is 4.90 Å². The molecule has 2 saturated heterocycles. The molecule has 2 aliphatic heterocycles. The van der Waals surface area contributed by atoms with Crippen molar-refractivity contribution in [1.82, 2.24) is 20.4 Å². The minimum atomic E-state index is 0.239. The molecule has 0 bridgehead atoms. The summed E-state index contributed by atoms with van der Waals surface area (Å²) in [6.07, 6.45) is 7.50. The van der Waals surface area contributed by atoms with Crippen LogP contribution >= 0.6 is 0 Å². The highest BCUT2D eigenvalue weighted by atomic mass is 16.5. The van der Waals surface area contributed by atoms with E-state index in [0.717, 1.165) is 50.7 Å². The van der Waals surface area contributed by atoms with Crippen molar-refractivity contribution < 1.29 is 9.32 Å². The van der Waals surface area contributed by atoms with Crippen molar-refractivity contribution in [2.45, 2.75) is 63.7 Å². The predicted octanol–water partition coefficient (Wildman–Crippen LogP) is 2.68. The number of aromatic nitrogens is 2. The summed E-state index contributed by atoms with van der Waals surface area (Å²) in [5, 5.41) is 7.60. The Hall–Kier alpha value is -1.43. The smallest absolute Gasteiger partial charge is 0.229 e. The van der Waals surface area contributed by atoms with Crippen LogP contribution < -0.4 is 5.32 Å². The van der Waals surface area contributed by atoms with E-state index in [1.165, 1.54) is 25.7 Å². The maximum absolute atomic E-state index is 12.8. The van der Waals surface area contributed by atoms with E-state index in [1.54, 1.807) is 0 Å². The van der Waals surface area contributed by atoms with Crippen molar-refractivity contribution in [2.24, 2.45) is 11.8 Å². The maximum Gasteiger partial charge on any atom is 0.229 e. The van der Waals surface area contributed by atoms with Crippen LogP contribution in [0.4, 0.5) is 0 Å². The highest BCUT2D eigenvalue weighted by Crippen LogP contribution is 2.39. The molecule has 2 atom stereocenters. The molecule has 1 amide bonds. The van der Waals surface area contributed by atoms with Crippen LogP contribution in [0, 0.1) is 11.8 Å². The molecule has 4 rings (SSSR count). The molecule has 0 spiro atoms. The van der Waals surface area contributed by atoms with Gasteiger partial charge in [-0.05, 0) is 63.5 Å². The summed E-state index contributed by atoms with van der Waals surface area (Å²) in [6.45, 7) is 6.06. The number of likely N-dealkylation sites (tertiary alicyclic amines) is 1. The summed E-state index contributed by atoms with van der Waals surface area (Å²) in [5.74, 6) is 3.81. The molecule has 1 N–H and O–H groups in total. The number of nitrogens with one attached hydrogen (secondary N) is 1. The van der Waals surface area contributed by atoms with Crippen LogP contribution in [-0.2, 0) is 4.79 Å². The van der Waals surface area contributed by atoms with Gasteiger partial charge in [-0.3, -0.25) is 4.79 Å². The lowest BCUT2D eigenvalue weighted by molar-refractivity contribution is -0.133. The van der Waals surface area contributed by atoms with Gasteiger partial charge in [0.15, 0.2) is 5.82 Å². The summed E-state index contributed by atoms with van der Waals surface area (Å²) in [6, 6.07) is 0. The van der Waals surface area contributed by atoms with Crippen molar-refractivity contribution >= 4 is 5.91 Å². The van der Waals surface area contributed by atoms with Crippen molar-refractivity contribution in [3.8, 4) is 0 Å². The molecule has 138 valence electrons. The molecule has 6 heteroatoms. The first-order valence-electron chi connectivity index (χ1n) is 10.0. The molecule has 0 radical (unpaired) electrons. The van der Waals surface area contributed by atoms with Crippen LogP contribution in [0.15, 0.2) is 4.52 Å². The van der Waals surface area contributed by atoms with E-state index < -0.39 is 0 Å². The Morgan fingerprint density at radius 2 is 2.04 bits per heavy atom. The summed E-state index contributed by atoms with van der Waals surface area (Å²) in [7, 11) is 0. The summed E-state index contributed by atoms with van der Waals surface area (Å²) >= 11 is 0. The lowest BCUT2D eigenvalue weighted by Gasteiger charge is -2.34. The van der Waals surface area contributed by atoms with Gasteiger partial charge >= 0.3 is 0 Å². The van der Waals surface area contributed by atoms with E-state index in [-0.39, 0.29) is 5.92 Å². The average Bonchev–Trinajstić information content (AvgIpc) is 3.39. The monoisotopic (exact) mass is 346 g/mol. The Morgan fingerprint density at radius 3 is 2.80 bits per heavy atom. The molecule has 3 fully saturated rings. The zero-order valence-electron chi connectivity index (χ0n) is 15.2. The Kier molecular flexibility index (Phi) is 5.06. The van der Waals surface area contributed by atoms with Crippen LogP contribution in [-0.4, -0.2) is 47.1 Å². The fourth-order valence-corrected chi connectivity index (χ4v) is 4.31. The highest BCUT2D eigenvalue weighted by molar-refractivity contribution is 5.76. The Balaban J connectivity index is 1.32. The number of rotatable bonds is 5. The molecule has 0 aromatic carbocycles. The molecule has 3 aliphatic rings. The third kappa shape index (κ3) is 4.05. The van der Waals surface area contributed by atoms with Gasteiger partial charge in [-0.15, -0.1) is 0 Å². The van der Waals surface area contributed by atoms with Gasteiger partial charge in [-0.2, -0.15) is 4.98 Å². The third-order valence-corrected chi connectivity index (χ3v) is 6.21. The van der Waals surface area contributed by atoms with Gasteiger partial charge in [0, 0.05) is 31.3 Å². The predicted molar refractivity (Wildman–Crippen MR) is 94.2 cm³/mol. The number of amides is 1. The van der Waals surface area contributed by atoms with Crippen molar-refractivity contribution in [2.75, 3.05) is 26.2 Å². The van der Waals surface area contributed by atoms with Crippen LogP contribution in [0.1, 0.15) is 75.4 Å². The van der Waals surface area contributed by atoms with Crippen LogP contribution in [0.2, 0.25) is 0 Å². The topological polar surface area (TPSA) is 71.3 Å². The van der Waals surface area contributed by atoms with Crippen LogP contribution in [0.3, 0.4) is 0 Å². The largest absolute Gasteiger partial charge is 0.342 e. The van der Waals surface area contributed by atoms with Gasteiger partial charge < -0.3 is 14.7 Å². The van der Waals surface area contributed by atoms with Crippen molar-refractivity contribution in [3.63, 3.8) is 0 Å². The van der Waals surface area contributed by atoms with Crippen LogP contribution in [0.25, 0.3) is 0 Å². The molecule has 6 nitrogen and oxygen atoms in total. The number of piperidine rings is 2. The summed E-state index contributed by atoms with van der Waals surface area (Å²) < 4.78 is 5.41. The second kappa shape index (κ2) is 7.44. The molecule has 1 aromatic heterocycles. The van der Waals surface area contributed by atoms with E-state index >= 15 is 0 Å². The van der Waals surface area contributed by atoms with Gasteiger partial charge in [0.2, 0.25) is 11.8 Å². The van der Waals surface area contributed by atoms with Crippen molar-refractivity contribution in [3.05, 3.63) is 11.7 Å². The number of carbonyl (C=O) groups is 1. The lowest BCUT2D eigenvalue weighted by atomic mass is 9.83. The van der Waals surface area contributed by atoms with E-state index in [2.05, 4.69) is 22.4 Å². The number of carbonyl (C=O) groups excluding carboxylic acids is 1. The quantitative estimate of drug-likeness (QED) is 0.887. The molecule has 3 heterocycles. The van der Waals surface area contributed by atoms with E-state index in [9.17, 15) is 4.79 Å². The minimum absolute atomic E-state index is 0.239. The van der Waals surface area contributed by atoms with Crippen molar-refractivity contribution in [1.29, 1.82) is 0 Å². The second-order valence-electron chi connectivity index (χ2n) is 8.21. The standard InChI is InChI=1S/C19H30N4O2/c1-13(14-6-8-20-9-7-14)11-17(24)23-10-2-3-16(12-23)18-21-19(25-22-18)15-4-5-15/h13-16,20H,2-12H2,1H3. The molecular formula is C19H30N4O2. The Morgan fingerprint density at radius 1 is 1.24 bits per heavy atom. The van der Waals surface area contributed by atoms with Gasteiger partial charge in [0.1, 0.15) is 0 Å². The van der Waals surface area contributed by atoms with E-state index in [4.69, 9.17) is 4.52 Å². The first-order chi connectivity index (χ1) is 12.2. The third-order valence-electron chi connectivity index (χ3n) is 6.21. The molecule has 1 aliphatic carbocycles. The Bertz CT molecular complexity index is 592. The molecule has 1 aromatic rings. The number of nitrogens with zero attached hydrogens (tertiary/aromatic N) is 3. The fourth-order valence-electron chi connectivity index (χ4n) is 4.31. The first kappa shape index (κ1) is 17.0. The van der Waals surface area contributed by atoms with Gasteiger partial charge in [0.25, 0.3) is 0 Å². The summed E-state index contributed by atoms with van der Waals surface area (Å²) in [5.41, 5.74) is 0. The zero-order valence-corrected chi connectivity index (χ0v) is 15.2. The normalized spacial score (nSPS) is 26.6. The first-order valence-corrected chi connectivity index (χ1v) is 10.0. The molecule has 2 unspecified atom stereocenters. The van der Waals surface area contributed by atoms with Crippen LogP contribution in [0.5, 0.6) is 0 Å². The highest BCUT2D eigenvalue weighted by Gasteiger charge is 2.33. The Labute approximate surface area is 149 Å². The zero-order chi connectivity index (χ0) is 17.2. The molecular weight excluding hydrogens is 316 g/mol. The van der Waals surface area contributed by atoms with E-state index in [0.29, 0.717) is 30.1 Å². The number of hydrogen-bond donors (Lipinski definition) is 1. The SMILES string of the molecule is CC(CC(=O)N1CCCC(c2noc(C3CC3)n2)C1)C1CCNCC1. The minimum Gasteiger partial charge on any atom is -0.342 e. The average molecular weight is 346 g/mol. The number of hydrogen-bond acceptors (Lipinski definition) is 5. The van der Waals surface area contributed by atoms with Gasteiger partial charge in [-0.1, -0.05) is 12.1 Å². The van der Waals surface area contributed by atoms with Gasteiger partial charge in [0.05, 0.1) is 0 Å². The second-order valence-corrected chi connectivity index (χ2v) is 8.21. The lowest BCUT2D eigenvalue weighted by Crippen LogP contribution is -2.41. The molecule has 1 saturated carbocycles. The fraction of sp³-hybridized carbons (Fsp3) is 0.842. The summed E-state index contributed by atoms with van der Waals surface area (Å²) in [4.78, 5) is 19.4. The van der Waals surface area contributed by atoms with Gasteiger partial charge in [-0.25, -0.2) is 0 Å².